The van der Waals surface area contributed by atoms with E-state index < -0.39 is 31.9 Å². The van der Waals surface area contributed by atoms with Gasteiger partial charge in [-0.25, -0.2) is 0 Å². The monoisotopic (exact) mass is 305 g/mol. The molecular formula is C12H7N3O7. The number of hydrogen-bond acceptors (Lipinski definition) is 7. The van der Waals surface area contributed by atoms with Crippen molar-refractivity contribution in [3.8, 4) is 11.5 Å². The van der Waals surface area contributed by atoms with Crippen molar-refractivity contribution in [3.63, 3.8) is 0 Å². The molecule has 0 radical (unpaired) electrons. The summed E-state index contributed by atoms with van der Waals surface area (Å²) in [7, 11) is 0. The predicted octanol–water partition coefficient (Wildman–Crippen LogP) is 3.20. The Morgan fingerprint density at radius 2 is 1.32 bits per heavy atom. The van der Waals surface area contributed by atoms with E-state index in [4.69, 9.17) is 4.74 Å². The van der Waals surface area contributed by atoms with Crippen LogP contribution in [0.3, 0.4) is 0 Å². The van der Waals surface area contributed by atoms with Crippen LogP contribution in [0, 0.1) is 30.3 Å². The minimum absolute atomic E-state index is 0.119. The molecule has 0 bridgehead atoms. The van der Waals surface area contributed by atoms with Crippen LogP contribution >= 0.6 is 0 Å². The van der Waals surface area contributed by atoms with Gasteiger partial charge in [-0.05, 0) is 12.1 Å². The van der Waals surface area contributed by atoms with E-state index in [0.29, 0.717) is 0 Å². The second-order valence-corrected chi connectivity index (χ2v) is 4.00. The van der Waals surface area contributed by atoms with Crippen molar-refractivity contribution in [2.24, 2.45) is 0 Å². The van der Waals surface area contributed by atoms with E-state index in [1.807, 2.05) is 0 Å². The van der Waals surface area contributed by atoms with Crippen molar-refractivity contribution in [2.75, 3.05) is 0 Å². The van der Waals surface area contributed by atoms with E-state index in [2.05, 4.69) is 0 Å². The summed E-state index contributed by atoms with van der Waals surface area (Å²) < 4.78 is 5.17. The molecule has 0 N–H and O–H groups in total. The fraction of sp³-hybridized carbons (Fsp3) is 0. The highest BCUT2D eigenvalue weighted by Gasteiger charge is 2.27. The lowest BCUT2D eigenvalue weighted by atomic mass is 10.2. The molecule has 0 atom stereocenters. The first-order chi connectivity index (χ1) is 10.4. The molecule has 0 aliphatic carbocycles. The number of non-ortho nitro benzene ring substituents is 1. The molecule has 22 heavy (non-hydrogen) atoms. The molecule has 0 heterocycles. The highest BCUT2D eigenvalue weighted by molar-refractivity contribution is 5.61. The van der Waals surface area contributed by atoms with E-state index >= 15 is 0 Å². The van der Waals surface area contributed by atoms with Crippen LogP contribution in [-0.4, -0.2) is 14.8 Å². The van der Waals surface area contributed by atoms with Crippen molar-refractivity contribution >= 4 is 17.1 Å². The topological polar surface area (TPSA) is 139 Å². The Morgan fingerprint density at radius 1 is 0.773 bits per heavy atom. The first kappa shape index (κ1) is 14.8. The highest BCUT2D eigenvalue weighted by Crippen LogP contribution is 2.39. The third kappa shape index (κ3) is 2.95. The van der Waals surface area contributed by atoms with Crippen LogP contribution < -0.4 is 4.74 Å². The minimum atomic E-state index is -0.834. The normalized spacial score (nSPS) is 10.0. The number of rotatable bonds is 5. The zero-order valence-electron chi connectivity index (χ0n) is 10.7. The van der Waals surface area contributed by atoms with E-state index in [1.165, 1.54) is 18.2 Å². The van der Waals surface area contributed by atoms with Crippen molar-refractivity contribution in [2.45, 2.75) is 0 Å². The lowest BCUT2D eigenvalue weighted by Crippen LogP contribution is -1.98. The minimum Gasteiger partial charge on any atom is -0.444 e. The van der Waals surface area contributed by atoms with Gasteiger partial charge in [0.15, 0.2) is 0 Å². The number of ether oxygens (including phenoxy) is 1. The molecule has 0 saturated carbocycles. The molecule has 0 saturated heterocycles. The molecule has 0 aliphatic rings. The van der Waals surface area contributed by atoms with Gasteiger partial charge in [0.05, 0.1) is 20.8 Å². The third-order valence-electron chi connectivity index (χ3n) is 2.62. The Bertz CT molecular complexity index is 743. The van der Waals surface area contributed by atoms with Gasteiger partial charge in [-0.3, -0.25) is 30.3 Å². The van der Waals surface area contributed by atoms with Gasteiger partial charge in [0.25, 0.3) is 11.4 Å². The molecule has 0 unspecified atom stereocenters. The molecule has 112 valence electrons. The van der Waals surface area contributed by atoms with Crippen molar-refractivity contribution in [3.05, 3.63) is 72.8 Å². The summed E-state index contributed by atoms with van der Waals surface area (Å²) in [4.78, 5) is 30.3. The fourth-order valence-electron chi connectivity index (χ4n) is 1.68. The number of hydrogen-bond donors (Lipinski definition) is 0. The maximum absolute atomic E-state index is 11.0. The smallest absolute Gasteiger partial charge is 0.318 e. The Balaban J connectivity index is 2.52. The molecule has 0 fully saturated rings. The second kappa shape index (κ2) is 5.83. The lowest BCUT2D eigenvalue weighted by molar-refractivity contribution is -0.395. The van der Waals surface area contributed by atoms with Gasteiger partial charge in [-0.15, -0.1) is 0 Å². The summed E-state index contributed by atoms with van der Waals surface area (Å²) in [5.74, 6) is -0.704. The van der Waals surface area contributed by atoms with Crippen LogP contribution in [0.4, 0.5) is 17.1 Å². The quantitative estimate of drug-likeness (QED) is 0.610. The summed E-state index contributed by atoms with van der Waals surface area (Å²) in [6, 6.07) is 8.04. The zero-order valence-corrected chi connectivity index (χ0v) is 10.7. The summed E-state index contributed by atoms with van der Waals surface area (Å²) in [6.45, 7) is 0. The third-order valence-corrected chi connectivity index (χ3v) is 2.62. The summed E-state index contributed by atoms with van der Waals surface area (Å²) in [5.41, 5.74) is -1.53. The number of nitro benzene ring substituents is 3. The standard InChI is InChI=1S/C12H7N3O7/c16-13(17)8-3-1-4-9(7-8)22-12-10(14(18)19)5-2-6-11(12)15(20)21/h1-7H. The van der Waals surface area contributed by atoms with E-state index in [0.717, 1.165) is 24.3 Å². The molecule has 2 aromatic rings. The van der Waals surface area contributed by atoms with Crippen LogP contribution in [0.5, 0.6) is 11.5 Å². The van der Waals surface area contributed by atoms with Crippen molar-refractivity contribution in [1.82, 2.24) is 0 Å². The van der Waals surface area contributed by atoms with Gasteiger partial charge in [-0.1, -0.05) is 6.07 Å². The van der Waals surface area contributed by atoms with Crippen LogP contribution in [0.1, 0.15) is 0 Å². The van der Waals surface area contributed by atoms with Gasteiger partial charge in [0, 0.05) is 18.2 Å². The Hall–Kier alpha value is -3.56. The Kier molecular flexibility index (Phi) is 3.93. The van der Waals surface area contributed by atoms with Gasteiger partial charge in [0.2, 0.25) is 0 Å². The first-order valence-corrected chi connectivity index (χ1v) is 5.74. The van der Waals surface area contributed by atoms with Crippen LogP contribution in [-0.2, 0) is 0 Å². The van der Waals surface area contributed by atoms with E-state index in [9.17, 15) is 30.3 Å². The van der Waals surface area contributed by atoms with Gasteiger partial charge < -0.3 is 4.74 Å². The summed E-state index contributed by atoms with van der Waals surface area (Å²) in [6.07, 6.45) is 0. The Morgan fingerprint density at radius 3 is 1.82 bits per heavy atom. The van der Waals surface area contributed by atoms with Crippen molar-refractivity contribution in [1.29, 1.82) is 0 Å². The second-order valence-electron chi connectivity index (χ2n) is 4.00. The molecule has 0 spiro atoms. The summed E-state index contributed by atoms with van der Waals surface area (Å²) in [5, 5.41) is 32.6. The van der Waals surface area contributed by atoms with Crippen LogP contribution in [0.2, 0.25) is 0 Å². The lowest BCUT2D eigenvalue weighted by Gasteiger charge is -2.06. The fourth-order valence-corrected chi connectivity index (χ4v) is 1.68. The molecule has 10 heteroatoms. The maximum Gasteiger partial charge on any atom is 0.318 e. The maximum atomic E-state index is 11.0. The molecule has 10 nitrogen and oxygen atoms in total. The van der Waals surface area contributed by atoms with Crippen LogP contribution in [0.25, 0.3) is 0 Å². The van der Waals surface area contributed by atoms with E-state index in [-0.39, 0.29) is 11.4 Å². The zero-order chi connectivity index (χ0) is 16.3. The van der Waals surface area contributed by atoms with Gasteiger partial charge in [-0.2, -0.15) is 0 Å². The summed E-state index contributed by atoms with van der Waals surface area (Å²) >= 11 is 0. The molecule has 0 amide bonds. The number of benzene rings is 2. The SMILES string of the molecule is O=[N+]([O-])c1cccc(Oc2c([N+](=O)[O-])cccc2[N+](=O)[O-])c1. The Labute approximate surface area is 122 Å². The number of para-hydroxylation sites is 1. The number of nitro groups is 3. The van der Waals surface area contributed by atoms with E-state index in [1.54, 1.807) is 0 Å². The molecular weight excluding hydrogens is 298 g/mol. The van der Waals surface area contributed by atoms with Crippen molar-refractivity contribution < 1.29 is 19.5 Å². The van der Waals surface area contributed by atoms with Gasteiger partial charge >= 0.3 is 11.4 Å². The molecule has 2 aromatic carbocycles. The average Bonchev–Trinajstić information content (AvgIpc) is 2.47. The highest BCUT2D eigenvalue weighted by atomic mass is 16.6. The number of nitrogens with zero attached hydrogens (tertiary/aromatic N) is 3. The van der Waals surface area contributed by atoms with Gasteiger partial charge in [0.1, 0.15) is 5.75 Å². The molecule has 0 aromatic heterocycles. The largest absolute Gasteiger partial charge is 0.444 e. The van der Waals surface area contributed by atoms with Crippen LogP contribution in [0.15, 0.2) is 42.5 Å². The molecule has 2 rings (SSSR count). The average molecular weight is 305 g/mol. The first-order valence-electron chi connectivity index (χ1n) is 5.74. The molecule has 0 aliphatic heterocycles. The predicted molar refractivity (Wildman–Crippen MR) is 72.9 cm³/mol.